The van der Waals surface area contributed by atoms with Crippen molar-refractivity contribution in [2.75, 3.05) is 12.0 Å². The van der Waals surface area contributed by atoms with Crippen molar-refractivity contribution in [3.05, 3.63) is 54.7 Å². The number of aromatic nitrogens is 5. The maximum Gasteiger partial charge on any atom is 0.129 e. The first-order valence-corrected chi connectivity index (χ1v) is 11.3. The lowest BCUT2D eigenvalue weighted by Gasteiger charge is -2.39. The number of fused-ring (bicyclic) bond motifs is 3. The number of nitriles is 1. The third-order valence-electron chi connectivity index (χ3n) is 7.12. The van der Waals surface area contributed by atoms with Crippen LogP contribution in [0.5, 0.6) is 0 Å². The molecular formula is C25H25N7O. The number of hydrogen-bond donors (Lipinski definition) is 0. The Balaban J connectivity index is 1.41. The second-order valence-electron chi connectivity index (χ2n) is 9.03. The van der Waals surface area contributed by atoms with E-state index in [0.717, 1.165) is 46.4 Å². The minimum Gasteiger partial charge on any atom is -0.381 e. The first kappa shape index (κ1) is 19.9. The van der Waals surface area contributed by atoms with Gasteiger partial charge in [0.2, 0.25) is 0 Å². The molecule has 0 aromatic carbocycles. The van der Waals surface area contributed by atoms with Crippen LogP contribution in [-0.4, -0.2) is 49.7 Å². The van der Waals surface area contributed by atoms with Crippen molar-refractivity contribution in [3.8, 4) is 28.3 Å². The average molecular weight is 440 g/mol. The van der Waals surface area contributed by atoms with Crippen LogP contribution in [-0.2, 0) is 11.8 Å². The summed E-state index contributed by atoms with van der Waals surface area (Å²) in [6.07, 6.45) is 14.2. The van der Waals surface area contributed by atoms with Gasteiger partial charge >= 0.3 is 0 Å². The van der Waals surface area contributed by atoms with Crippen molar-refractivity contribution >= 4 is 11.3 Å². The van der Waals surface area contributed by atoms with Crippen LogP contribution < -0.4 is 4.90 Å². The van der Waals surface area contributed by atoms with Gasteiger partial charge in [-0.2, -0.15) is 15.5 Å². The molecule has 2 fully saturated rings. The largest absolute Gasteiger partial charge is 0.381 e. The van der Waals surface area contributed by atoms with Crippen molar-refractivity contribution in [3.63, 3.8) is 0 Å². The summed E-state index contributed by atoms with van der Waals surface area (Å²) in [6, 6.07) is 9.59. The Morgan fingerprint density at radius 2 is 1.82 bits per heavy atom. The van der Waals surface area contributed by atoms with E-state index in [9.17, 15) is 5.26 Å². The van der Waals surface area contributed by atoms with Gasteiger partial charge in [0.15, 0.2) is 0 Å². The highest BCUT2D eigenvalue weighted by molar-refractivity contribution is 5.87. The van der Waals surface area contributed by atoms with Gasteiger partial charge in [0, 0.05) is 67.1 Å². The topological polar surface area (TPSA) is 84.3 Å². The summed E-state index contributed by atoms with van der Waals surface area (Å²) in [5, 5.41) is 18.4. The highest BCUT2D eigenvalue weighted by Crippen LogP contribution is 2.40. The minimum atomic E-state index is 0.354. The van der Waals surface area contributed by atoms with E-state index in [0.29, 0.717) is 23.8 Å². The molecule has 0 unspecified atom stereocenters. The van der Waals surface area contributed by atoms with Crippen LogP contribution in [0.2, 0.25) is 0 Å². The molecule has 0 saturated carbocycles. The third-order valence-corrected chi connectivity index (χ3v) is 7.12. The number of hydrogen-bond acceptors (Lipinski definition) is 6. The zero-order valence-corrected chi connectivity index (χ0v) is 18.7. The summed E-state index contributed by atoms with van der Waals surface area (Å²) in [5.74, 6) is 1.02. The SMILES string of the molecule is CO[C@H]1C[C@H]2CC[C@@H](C1)N2c1ccc(-c2cc(-c3cnn(C)c3)cn3ncc(C#N)c23)cn1. The van der Waals surface area contributed by atoms with E-state index in [1.807, 2.05) is 38.9 Å². The van der Waals surface area contributed by atoms with Crippen molar-refractivity contribution in [2.45, 2.75) is 43.9 Å². The van der Waals surface area contributed by atoms with Crippen LogP contribution in [0.1, 0.15) is 31.2 Å². The first-order valence-electron chi connectivity index (χ1n) is 11.3. The van der Waals surface area contributed by atoms with E-state index in [1.165, 1.54) is 12.8 Å². The lowest BCUT2D eigenvalue weighted by atomic mass is 9.99. The van der Waals surface area contributed by atoms with Crippen LogP contribution >= 0.6 is 0 Å². The van der Waals surface area contributed by atoms with E-state index < -0.39 is 0 Å². The Kier molecular flexibility index (Phi) is 4.66. The van der Waals surface area contributed by atoms with Gasteiger partial charge < -0.3 is 9.64 Å². The van der Waals surface area contributed by atoms with Gasteiger partial charge in [-0.05, 0) is 43.9 Å². The smallest absolute Gasteiger partial charge is 0.129 e. The quantitative estimate of drug-likeness (QED) is 0.481. The lowest BCUT2D eigenvalue weighted by molar-refractivity contribution is 0.0682. The minimum absolute atomic E-state index is 0.354. The summed E-state index contributed by atoms with van der Waals surface area (Å²) >= 11 is 0. The highest BCUT2D eigenvalue weighted by Gasteiger charge is 2.41. The van der Waals surface area contributed by atoms with Crippen LogP contribution in [0.3, 0.4) is 0 Å². The summed E-state index contributed by atoms with van der Waals surface area (Å²) in [5.41, 5.74) is 5.22. The predicted octanol–water partition coefficient (Wildman–Crippen LogP) is 3.81. The lowest BCUT2D eigenvalue weighted by Crippen LogP contribution is -2.45. The van der Waals surface area contributed by atoms with E-state index in [2.05, 4.69) is 39.4 Å². The Hall–Kier alpha value is -3.70. The van der Waals surface area contributed by atoms with E-state index in [1.54, 1.807) is 15.4 Å². The molecule has 0 amide bonds. The zero-order valence-electron chi connectivity index (χ0n) is 18.7. The molecule has 4 aromatic rings. The zero-order chi connectivity index (χ0) is 22.5. The number of rotatable bonds is 4. The fourth-order valence-electron chi connectivity index (χ4n) is 5.54. The van der Waals surface area contributed by atoms with Gasteiger partial charge in [-0.3, -0.25) is 4.68 Å². The molecule has 8 heteroatoms. The molecule has 0 aliphatic carbocycles. The van der Waals surface area contributed by atoms with Crippen LogP contribution in [0.25, 0.3) is 27.8 Å². The molecule has 2 saturated heterocycles. The molecule has 3 atom stereocenters. The van der Waals surface area contributed by atoms with Gasteiger partial charge in [0.1, 0.15) is 11.9 Å². The number of pyridine rings is 2. The molecule has 33 heavy (non-hydrogen) atoms. The second kappa shape index (κ2) is 7.71. The molecule has 2 bridgehead atoms. The molecule has 8 nitrogen and oxygen atoms in total. The average Bonchev–Trinajstić information content (AvgIpc) is 3.53. The van der Waals surface area contributed by atoms with E-state index in [4.69, 9.17) is 9.72 Å². The van der Waals surface area contributed by atoms with Gasteiger partial charge in [0.05, 0.1) is 29.6 Å². The number of piperidine rings is 1. The maximum absolute atomic E-state index is 9.66. The molecule has 0 spiro atoms. The molecule has 6 heterocycles. The highest BCUT2D eigenvalue weighted by atomic mass is 16.5. The fraction of sp³-hybridized carbons (Fsp3) is 0.360. The Morgan fingerprint density at radius 3 is 2.45 bits per heavy atom. The summed E-state index contributed by atoms with van der Waals surface area (Å²) < 4.78 is 9.21. The number of anilines is 1. The molecule has 0 N–H and O–H groups in total. The second-order valence-corrected chi connectivity index (χ2v) is 9.03. The molecule has 6 rings (SSSR count). The monoisotopic (exact) mass is 439 g/mol. The van der Waals surface area contributed by atoms with E-state index >= 15 is 0 Å². The molecule has 4 aromatic heterocycles. The summed E-state index contributed by atoms with van der Waals surface area (Å²) in [4.78, 5) is 7.37. The number of nitrogens with zero attached hydrogens (tertiary/aromatic N) is 7. The summed E-state index contributed by atoms with van der Waals surface area (Å²) in [6.45, 7) is 0. The molecule has 166 valence electrons. The number of ether oxygens (including phenoxy) is 1. The molecule has 2 aliphatic rings. The first-order chi connectivity index (χ1) is 16.1. The normalized spacial score (nSPS) is 22.1. The number of methoxy groups -OCH3 is 1. The van der Waals surface area contributed by atoms with Crippen LogP contribution in [0.15, 0.2) is 49.2 Å². The molecular weight excluding hydrogens is 414 g/mol. The van der Waals surface area contributed by atoms with E-state index in [-0.39, 0.29) is 0 Å². The Bertz CT molecular complexity index is 1350. The number of aryl methyl sites for hydroxylation is 1. The summed E-state index contributed by atoms with van der Waals surface area (Å²) in [7, 11) is 3.72. The third kappa shape index (κ3) is 3.28. The predicted molar refractivity (Wildman–Crippen MR) is 125 cm³/mol. The Labute approximate surface area is 192 Å². The maximum atomic E-state index is 9.66. The van der Waals surface area contributed by atoms with Crippen LogP contribution in [0.4, 0.5) is 5.82 Å². The van der Waals surface area contributed by atoms with Crippen LogP contribution in [0, 0.1) is 11.3 Å². The fourth-order valence-corrected chi connectivity index (χ4v) is 5.54. The molecule has 0 radical (unpaired) electrons. The van der Waals surface area contributed by atoms with Crippen molar-refractivity contribution in [1.82, 2.24) is 24.4 Å². The van der Waals surface area contributed by atoms with Gasteiger partial charge in [0.25, 0.3) is 0 Å². The van der Waals surface area contributed by atoms with Gasteiger partial charge in [-0.25, -0.2) is 9.50 Å². The van der Waals surface area contributed by atoms with Crippen molar-refractivity contribution in [1.29, 1.82) is 5.26 Å². The van der Waals surface area contributed by atoms with Gasteiger partial charge in [-0.1, -0.05) is 0 Å². The standard InChI is InChI=1S/C25H25N7O/c1-30-14-19(13-28-30)17-7-23(25-18(10-26)12-29-31(25)15-17)16-3-6-24(27-11-16)32-20-4-5-21(32)9-22(8-20)33-2/h3,6-7,11-15,20-22H,4-5,8-9H2,1-2H3/t20-,21+,22+. The van der Waals surface area contributed by atoms with Crippen molar-refractivity contribution < 1.29 is 4.74 Å². The van der Waals surface area contributed by atoms with Gasteiger partial charge in [-0.15, -0.1) is 0 Å². The Morgan fingerprint density at radius 1 is 1.00 bits per heavy atom. The van der Waals surface area contributed by atoms with Crippen molar-refractivity contribution in [2.24, 2.45) is 7.05 Å². The molecule has 2 aliphatic heterocycles.